The number of sulfone groups is 1. The Kier molecular flexibility index (Phi) is 4.73. The summed E-state index contributed by atoms with van der Waals surface area (Å²) in [5, 5.41) is 8.98. The lowest BCUT2D eigenvalue weighted by atomic mass is 9.98. The third kappa shape index (κ3) is 4.78. The van der Waals surface area contributed by atoms with Crippen molar-refractivity contribution in [3.63, 3.8) is 0 Å². The van der Waals surface area contributed by atoms with E-state index in [1.807, 2.05) is 6.92 Å². The molecule has 1 saturated heterocycles. The van der Waals surface area contributed by atoms with E-state index in [1.165, 1.54) is 0 Å². The first-order valence-electron chi connectivity index (χ1n) is 5.67. The zero-order valence-electron chi connectivity index (χ0n) is 9.85. The van der Waals surface area contributed by atoms with Gasteiger partial charge in [0.05, 0.1) is 18.1 Å². The molecule has 0 spiro atoms. The van der Waals surface area contributed by atoms with Gasteiger partial charge in [0.25, 0.3) is 0 Å². The lowest BCUT2D eigenvalue weighted by molar-refractivity contribution is 0.189. The van der Waals surface area contributed by atoms with E-state index in [0.717, 1.165) is 19.4 Å². The Morgan fingerprint density at radius 3 is 2.44 bits per heavy atom. The number of nitrogens with two attached hydrogens (primary N) is 1. The first-order valence-corrected chi connectivity index (χ1v) is 7.49. The Morgan fingerprint density at radius 1 is 1.38 bits per heavy atom. The summed E-state index contributed by atoms with van der Waals surface area (Å²) in [5.74, 6) is 0.541. The summed E-state index contributed by atoms with van der Waals surface area (Å²) < 4.78 is 22.4. The van der Waals surface area contributed by atoms with Crippen LogP contribution in [0.5, 0.6) is 0 Å². The van der Waals surface area contributed by atoms with Crippen molar-refractivity contribution in [2.75, 3.05) is 37.7 Å². The average molecular weight is 250 g/mol. The highest BCUT2D eigenvalue weighted by Gasteiger charge is 2.22. The lowest BCUT2D eigenvalue weighted by Gasteiger charge is -2.28. The molecule has 0 aromatic heterocycles. The summed E-state index contributed by atoms with van der Waals surface area (Å²) in [6.45, 7) is 3.93. The van der Waals surface area contributed by atoms with E-state index in [4.69, 9.17) is 10.8 Å². The van der Waals surface area contributed by atoms with Gasteiger partial charge >= 0.3 is 0 Å². The average Bonchev–Trinajstić information content (AvgIpc) is 2.20. The molecule has 1 aliphatic heterocycles. The van der Waals surface area contributed by atoms with Gasteiger partial charge in [-0.2, -0.15) is 0 Å². The molecule has 1 fully saturated rings. The second kappa shape index (κ2) is 5.44. The predicted molar refractivity (Wildman–Crippen MR) is 64.0 cm³/mol. The molecule has 3 N–H and O–H groups in total. The molecule has 0 radical (unpaired) electrons. The fourth-order valence-corrected chi connectivity index (χ4v) is 3.04. The van der Waals surface area contributed by atoms with Crippen LogP contribution in [0.15, 0.2) is 0 Å². The van der Waals surface area contributed by atoms with Crippen LogP contribution in [0.1, 0.15) is 19.8 Å². The highest BCUT2D eigenvalue weighted by molar-refractivity contribution is 7.91. The molecule has 1 heterocycles. The number of aliphatic hydroxyl groups excluding tert-OH is 1. The molecule has 0 bridgehead atoms. The van der Waals surface area contributed by atoms with E-state index in [0.29, 0.717) is 13.1 Å². The van der Waals surface area contributed by atoms with Gasteiger partial charge in [-0.15, -0.1) is 0 Å². The van der Waals surface area contributed by atoms with Gasteiger partial charge in [0, 0.05) is 18.6 Å². The smallest absolute Gasteiger partial charge is 0.152 e. The van der Waals surface area contributed by atoms with Gasteiger partial charge in [-0.1, -0.05) is 0 Å². The molecule has 0 aliphatic carbocycles. The van der Waals surface area contributed by atoms with Crippen molar-refractivity contribution in [3.05, 3.63) is 0 Å². The van der Waals surface area contributed by atoms with Crippen LogP contribution in [0.4, 0.5) is 0 Å². The summed E-state index contributed by atoms with van der Waals surface area (Å²) in [6.07, 6.45) is 1.65. The van der Waals surface area contributed by atoms with Gasteiger partial charge < -0.3 is 15.7 Å². The van der Waals surface area contributed by atoms with Crippen LogP contribution in [0.25, 0.3) is 0 Å². The highest BCUT2D eigenvalue weighted by Crippen LogP contribution is 2.10. The van der Waals surface area contributed by atoms with E-state index in [2.05, 4.69) is 4.90 Å². The van der Waals surface area contributed by atoms with Gasteiger partial charge in [-0.25, -0.2) is 8.42 Å². The van der Waals surface area contributed by atoms with Gasteiger partial charge in [-0.3, -0.25) is 0 Å². The third-order valence-corrected chi connectivity index (χ3v) is 4.63. The van der Waals surface area contributed by atoms with Crippen molar-refractivity contribution in [2.24, 2.45) is 5.73 Å². The molecule has 1 aliphatic rings. The minimum atomic E-state index is -2.78. The molecule has 0 aromatic rings. The van der Waals surface area contributed by atoms with Gasteiger partial charge in [0.1, 0.15) is 0 Å². The van der Waals surface area contributed by atoms with E-state index < -0.39 is 15.4 Å². The van der Waals surface area contributed by atoms with Crippen LogP contribution in [0.3, 0.4) is 0 Å². The SMILES string of the molecule is CC(N)(CO)CCCN1CCS(=O)(=O)CC1. The summed E-state index contributed by atoms with van der Waals surface area (Å²) >= 11 is 0. The normalized spacial score (nSPS) is 25.2. The van der Waals surface area contributed by atoms with Crippen molar-refractivity contribution < 1.29 is 13.5 Å². The molecular formula is C10H22N2O3S. The number of nitrogens with zero attached hydrogens (tertiary/aromatic N) is 1. The van der Waals surface area contributed by atoms with Crippen molar-refractivity contribution in [1.82, 2.24) is 4.90 Å². The van der Waals surface area contributed by atoms with Crippen LogP contribution in [0, 0.1) is 0 Å². The maximum atomic E-state index is 11.2. The lowest BCUT2D eigenvalue weighted by Crippen LogP contribution is -2.43. The van der Waals surface area contributed by atoms with Gasteiger partial charge in [0.2, 0.25) is 0 Å². The Morgan fingerprint density at radius 2 is 1.94 bits per heavy atom. The Bertz CT molecular complexity index is 300. The van der Waals surface area contributed by atoms with Crippen molar-refractivity contribution in [1.29, 1.82) is 0 Å². The topological polar surface area (TPSA) is 83.6 Å². The molecule has 5 nitrogen and oxygen atoms in total. The van der Waals surface area contributed by atoms with Crippen LogP contribution in [0.2, 0.25) is 0 Å². The molecule has 96 valence electrons. The molecule has 0 amide bonds. The molecule has 16 heavy (non-hydrogen) atoms. The van der Waals surface area contributed by atoms with E-state index in [-0.39, 0.29) is 18.1 Å². The van der Waals surface area contributed by atoms with E-state index >= 15 is 0 Å². The quantitative estimate of drug-likeness (QED) is 0.668. The minimum Gasteiger partial charge on any atom is -0.394 e. The number of rotatable bonds is 5. The Balaban J connectivity index is 2.21. The molecule has 1 rings (SSSR count). The summed E-state index contributed by atoms with van der Waals surface area (Å²) in [4.78, 5) is 2.15. The first kappa shape index (κ1) is 13.9. The molecule has 0 aromatic carbocycles. The zero-order valence-corrected chi connectivity index (χ0v) is 10.7. The fraction of sp³-hybridized carbons (Fsp3) is 1.00. The molecule has 1 atom stereocenters. The van der Waals surface area contributed by atoms with E-state index in [1.54, 1.807) is 0 Å². The zero-order chi connectivity index (χ0) is 12.2. The molecule has 6 heteroatoms. The fourth-order valence-electron chi connectivity index (χ4n) is 1.76. The maximum absolute atomic E-state index is 11.2. The van der Waals surface area contributed by atoms with E-state index in [9.17, 15) is 8.42 Å². The van der Waals surface area contributed by atoms with Crippen LogP contribution < -0.4 is 5.73 Å². The first-order chi connectivity index (χ1) is 7.35. The highest BCUT2D eigenvalue weighted by atomic mass is 32.2. The van der Waals surface area contributed by atoms with Gasteiger partial charge in [-0.05, 0) is 26.3 Å². The monoisotopic (exact) mass is 250 g/mol. The summed E-state index contributed by atoms with van der Waals surface area (Å²) in [6, 6.07) is 0. The third-order valence-electron chi connectivity index (χ3n) is 3.02. The number of hydrogen-bond acceptors (Lipinski definition) is 5. The van der Waals surface area contributed by atoms with Crippen molar-refractivity contribution in [2.45, 2.75) is 25.3 Å². The number of aliphatic hydroxyl groups is 1. The molecule has 1 unspecified atom stereocenters. The standard InChI is InChI=1S/C10H22N2O3S/c1-10(11,9-13)3-2-4-12-5-7-16(14,15)8-6-12/h13H,2-9,11H2,1H3. The molecule has 0 saturated carbocycles. The summed E-state index contributed by atoms with van der Waals surface area (Å²) in [5.41, 5.74) is 5.30. The van der Waals surface area contributed by atoms with Crippen LogP contribution in [-0.4, -0.2) is 61.7 Å². The van der Waals surface area contributed by atoms with Crippen LogP contribution >= 0.6 is 0 Å². The van der Waals surface area contributed by atoms with Crippen molar-refractivity contribution >= 4 is 9.84 Å². The number of hydrogen-bond donors (Lipinski definition) is 2. The summed E-state index contributed by atoms with van der Waals surface area (Å²) in [7, 11) is -2.78. The Labute approximate surface area is 97.5 Å². The molecular weight excluding hydrogens is 228 g/mol. The predicted octanol–water partition coefficient (Wildman–Crippen LogP) is -0.793. The second-order valence-corrected chi connectivity index (χ2v) is 7.21. The maximum Gasteiger partial charge on any atom is 0.152 e. The Hall–Kier alpha value is -0.170. The second-order valence-electron chi connectivity index (χ2n) is 4.91. The minimum absolute atomic E-state index is 0.0125. The van der Waals surface area contributed by atoms with Crippen molar-refractivity contribution in [3.8, 4) is 0 Å². The largest absolute Gasteiger partial charge is 0.394 e. The van der Waals surface area contributed by atoms with Gasteiger partial charge in [0.15, 0.2) is 9.84 Å². The van der Waals surface area contributed by atoms with Crippen LogP contribution in [-0.2, 0) is 9.84 Å².